The highest BCUT2D eigenvalue weighted by atomic mass is 16.5. The molecule has 2 aromatic rings. The predicted octanol–water partition coefficient (Wildman–Crippen LogP) is 2.54. The molecule has 0 aromatic heterocycles. The van der Waals surface area contributed by atoms with Crippen molar-refractivity contribution in [2.75, 3.05) is 18.4 Å². The summed E-state index contributed by atoms with van der Waals surface area (Å²) < 4.78 is 5.26. The van der Waals surface area contributed by atoms with Gasteiger partial charge in [0.05, 0.1) is 5.41 Å². The molecule has 0 radical (unpaired) electrons. The first-order valence-electron chi connectivity index (χ1n) is 14.3. The molecule has 0 aliphatic carbocycles. The summed E-state index contributed by atoms with van der Waals surface area (Å²) in [5.74, 6) is -1.93. The number of likely N-dealkylation sites (N-methyl/N-ethyl adjacent to an activating group) is 1. The summed E-state index contributed by atoms with van der Waals surface area (Å²) in [4.78, 5) is 69.0. The Labute approximate surface area is 245 Å². The zero-order chi connectivity index (χ0) is 30.6. The van der Waals surface area contributed by atoms with Crippen LogP contribution in [0.5, 0.6) is 0 Å². The van der Waals surface area contributed by atoms with Crippen LogP contribution in [0, 0.1) is 5.92 Å². The van der Waals surface area contributed by atoms with E-state index in [2.05, 4.69) is 10.6 Å². The van der Waals surface area contributed by atoms with E-state index in [4.69, 9.17) is 10.5 Å². The number of anilines is 1. The molecular weight excluding hydrogens is 538 g/mol. The van der Waals surface area contributed by atoms with E-state index in [9.17, 15) is 24.0 Å². The van der Waals surface area contributed by atoms with Gasteiger partial charge in [-0.1, -0.05) is 62.4 Å². The molecule has 11 nitrogen and oxygen atoms in total. The van der Waals surface area contributed by atoms with Gasteiger partial charge in [-0.25, -0.2) is 4.79 Å². The Morgan fingerprint density at radius 3 is 2.40 bits per heavy atom. The van der Waals surface area contributed by atoms with Crippen LogP contribution in [0.3, 0.4) is 0 Å². The van der Waals surface area contributed by atoms with Crippen molar-refractivity contribution in [3.05, 3.63) is 65.7 Å². The van der Waals surface area contributed by atoms with Gasteiger partial charge in [0.2, 0.25) is 23.6 Å². The monoisotopic (exact) mass is 577 g/mol. The molecule has 224 valence electrons. The number of hydrogen-bond donors (Lipinski definition) is 3. The van der Waals surface area contributed by atoms with E-state index >= 15 is 0 Å². The number of para-hydroxylation sites is 1. The van der Waals surface area contributed by atoms with Crippen molar-refractivity contribution in [2.24, 2.45) is 11.7 Å². The lowest BCUT2D eigenvalue weighted by atomic mass is 9.79. The van der Waals surface area contributed by atoms with Crippen LogP contribution in [0.15, 0.2) is 54.6 Å². The zero-order valence-corrected chi connectivity index (χ0v) is 24.5. The molecule has 11 heteroatoms. The van der Waals surface area contributed by atoms with Crippen LogP contribution in [0.2, 0.25) is 0 Å². The topological polar surface area (TPSA) is 151 Å². The molecule has 1 fully saturated rings. The molecule has 2 aromatic carbocycles. The Bertz CT molecular complexity index is 1350. The predicted molar refractivity (Wildman–Crippen MR) is 156 cm³/mol. The molecule has 0 unspecified atom stereocenters. The van der Waals surface area contributed by atoms with Crippen LogP contribution in [-0.2, 0) is 35.9 Å². The molecule has 42 heavy (non-hydrogen) atoms. The van der Waals surface area contributed by atoms with Crippen LogP contribution in [0.4, 0.5) is 10.5 Å². The number of nitrogens with one attached hydrogen (secondary N) is 2. The molecule has 2 aliphatic heterocycles. The molecule has 4 N–H and O–H groups in total. The lowest BCUT2D eigenvalue weighted by Crippen LogP contribution is -2.58. The van der Waals surface area contributed by atoms with Gasteiger partial charge in [0.15, 0.2) is 0 Å². The fourth-order valence-corrected chi connectivity index (χ4v) is 5.91. The first-order valence-corrected chi connectivity index (χ1v) is 14.3. The molecule has 2 aliphatic rings. The summed E-state index contributed by atoms with van der Waals surface area (Å²) in [6, 6.07) is 13.4. The van der Waals surface area contributed by atoms with Gasteiger partial charge < -0.3 is 30.9 Å². The maximum atomic E-state index is 14.2. The SMILES string of the molecule is CCN(C(=O)[C@H](C)NC(=O)OCc1ccccc1)[C@@H](CC(C)C)C(=O)N1C[C@]2(C[C@H]1C(N)=O)C(=O)Nc1ccccc12. The van der Waals surface area contributed by atoms with Crippen molar-refractivity contribution in [1.29, 1.82) is 0 Å². The number of likely N-dealkylation sites (tertiary alicyclic amines) is 1. The normalized spacial score (nSPS) is 20.5. The van der Waals surface area contributed by atoms with Crippen molar-refractivity contribution < 1.29 is 28.7 Å². The number of nitrogens with zero attached hydrogens (tertiary/aromatic N) is 2. The van der Waals surface area contributed by atoms with Gasteiger partial charge in [-0.05, 0) is 49.8 Å². The van der Waals surface area contributed by atoms with E-state index in [0.717, 1.165) is 5.56 Å². The molecule has 5 amide bonds. The van der Waals surface area contributed by atoms with Gasteiger partial charge in [0, 0.05) is 18.8 Å². The van der Waals surface area contributed by atoms with E-state index in [1.807, 2.05) is 56.3 Å². The average molecular weight is 578 g/mol. The Balaban J connectivity index is 1.54. The number of hydrogen-bond acceptors (Lipinski definition) is 6. The second kappa shape index (κ2) is 12.6. The van der Waals surface area contributed by atoms with Crippen LogP contribution in [-0.4, -0.2) is 70.7 Å². The van der Waals surface area contributed by atoms with Crippen molar-refractivity contribution in [1.82, 2.24) is 15.1 Å². The van der Waals surface area contributed by atoms with Gasteiger partial charge in [-0.15, -0.1) is 0 Å². The maximum absolute atomic E-state index is 14.2. The highest BCUT2D eigenvalue weighted by Crippen LogP contribution is 2.46. The van der Waals surface area contributed by atoms with Crippen LogP contribution in [0.1, 0.15) is 51.7 Å². The number of primary amides is 1. The van der Waals surface area contributed by atoms with Gasteiger partial charge in [-0.3, -0.25) is 19.2 Å². The summed E-state index contributed by atoms with van der Waals surface area (Å²) in [7, 11) is 0. The molecule has 0 bridgehead atoms. The molecule has 1 spiro atoms. The fraction of sp³-hybridized carbons (Fsp3) is 0.452. The van der Waals surface area contributed by atoms with Crippen LogP contribution < -0.4 is 16.4 Å². The highest BCUT2D eigenvalue weighted by molar-refractivity contribution is 6.08. The Kier molecular flexibility index (Phi) is 9.18. The third-order valence-corrected chi connectivity index (χ3v) is 7.99. The minimum Gasteiger partial charge on any atom is -0.445 e. The summed E-state index contributed by atoms with van der Waals surface area (Å²) >= 11 is 0. The summed E-state index contributed by atoms with van der Waals surface area (Å²) in [5.41, 5.74) is 6.82. The van der Waals surface area contributed by atoms with Crippen molar-refractivity contribution in [3.8, 4) is 0 Å². The first kappa shape index (κ1) is 30.5. The smallest absolute Gasteiger partial charge is 0.408 e. The van der Waals surface area contributed by atoms with E-state index in [1.54, 1.807) is 19.1 Å². The van der Waals surface area contributed by atoms with Crippen molar-refractivity contribution in [3.63, 3.8) is 0 Å². The Hall–Kier alpha value is -4.41. The summed E-state index contributed by atoms with van der Waals surface area (Å²) in [6.45, 7) is 7.32. The van der Waals surface area contributed by atoms with Gasteiger partial charge >= 0.3 is 6.09 Å². The van der Waals surface area contributed by atoms with Crippen molar-refractivity contribution >= 4 is 35.4 Å². The number of alkyl carbamates (subject to hydrolysis) is 1. The number of ether oxygens (including phenoxy) is 1. The Morgan fingerprint density at radius 2 is 1.76 bits per heavy atom. The van der Waals surface area contributed by atoms with E-state index in [0.29, 0.717) is 17.7 Å². The van der Waals surface area contributed by atoms with E-state index < -0.39 is 47.4 Å². The number of carbonyl (C=O) groups excluding carboxylic acids is 5. The standard InChI is InChI=1S/C31H39N5O6/c1-5-35(27(38)20(4)33-30(41)42-17-21-11-7-6-8-12-21)24(15-19(2)3)28(39)36-18-31(16-25(36)26(32)37)22-13-9-10-14-23(22)34-29(31)40/h6-14,19-20,24-25H,5,15-18H2,1-4H3,(H2,32,37)(H,33,41)(H,34,40)/t20-,24-,25-,31-/m0/s1. The average Bonchev–Trinajstić information content (AvgIpc) is 3.50. The highest BCUT2D eigenvalue weighted by Gasteiger charge is 2.58. The first-order chi connectivity index (χ1) is 20.0. The Morgan fingerprint density at radius 1 is 1.10 bits per heavy atom. The quantitative estimate of drug-likeness (QED) is 0.395. The number of benzene rings is 2. The molecule has 4 rings (SSSR count). The van der Waals surface area contributed by atoms with Crippen LogP contribution in [0.25, 0.3) is 0 Å². The van der Waals surface area contributed by atoms with E-state index in [1.165, 1.54) is 16.7 Å². The lowest BCUT2D eigenvalue weighted by Gasteiger charge is -2.36. The van der Waals surface area contributed by atoms with Crippen molar-refractivity contribution in [2.45, 2.75) is 70.7 Å². The summed E-state index contributed by atoms with van der Waals surface area (Å²) in [5, 5.41) is 5.43. The summed E-state index contributed by atoms with van der Waals surface area (Å²) in [6.07, 6.45) is -0.401. The lowest BCUT2D eigenvalue weighted by molar-refractivity contribution is -0.149. The number of carbonyl (C=O) groups is 5. The third-order valence-electron chi connectivity index (χ3n) is 7.99. The molecule has 0 saturated carbocycles. The number of amides is 5. The minimum absolute atomic E-state index is 0.0130. The number of nitrogens with two attached hydrogens (primary N) is 1. The second-order valence-corrected chi connectivity index (χ2v) is 11.4. The molecule has 1 saturated heterocycles. The zero-order valence-electron chi connectivity index (χ0n) is 24.5. The maximum Gasteiger partial charge on any atom is 0.408 e. The van der Waals surface area contributed by atoms with Crippen LogP contribution >= 0.6 is 0 Å². The second-order valence-electron chi connectivity index (χ2n) is 11.4. The molecule has 4 atom stereocenters. The van der Waals surface area contributed by atoms with E-state index in [-0.39, 0.29) is 37.9 Å². The number of fused-ring (bicyclic) bond motifs is 2. The van der Waals surface area contributed by atoms with Gasteiger partial charge in [0.25, 0.3) is 0 Å². The van der Waals surface area contributed by atoms with Gasteiger partial charge in [0.1, 0.15) is 24.7 Å². The third kappa shape index (κ3) is 6.09. The molecular formula is C31H39N5O6. The fourth-order valence-electron chi connectivity index (χ4n) is 5.91. The van der Waals surface area contributed by atoms with Gasteiger partial charge in [-0.2, -0.15) is 0 Å². The number of rotatable bonds is 10. The minimum atomic E-state index is -1.12. The largest absolute Gasteiger partial charge is 0.445 e. The molecule has 2 heterocycles.